The van der Waals surface area contributed by atoms with Crippen LogP contribution in [-0.2, 0) is 19.1 Å². The third kappa shape index (κ3) is 7.70. The summed E-state index contributed by atoms with van der Waals surface area (Å²) in [4.78, 5) is 36.6. The van der Waals surface area contributed by atoms with E-state index in [0.717, 1.165) is 11.8 Å². The average molecular weight is 373 g/mol. The first-order valence-electron chi connectivity index (χ1n) is 7.52. The van der Waals surface area contributed by atoms with Gasteiger partial charge in [-0.1, -0.05) is 11.6 Å². The fourth-order valence-corrected chi connectivity index (χ4v) is 2.54. The predicted molar refractivity (Wildman–Crippen MR) is 96.3 cm³/mol. The number of hydrogen-bond donors (Lipinski definition) is 1. The molecule has 1 aromatic rings. The molecule has 0 aliphatic rings. The van der Waals surface area contributed by atoms with Crippen molar-refractivity contribution in [2.45, 2.75) is 13.8 Å². The van der Waals surface area contributed by atoms with Crippen LogP contribution in [0.1, 0.15) is 13.8 Å². The molecule has 1 N–H and O–H groups in total. The lowest BCUT2D eigenvalue weighted by Crippen LogP contribution is -2.34. The predicted octanol–water partition coefficient (Wildman–Crippen LogP) is 2.42. The van der Waals surface area contributed by atoms with Gasteiger partial charge in [0.1, 0.15) is 0 Å². The molecule has 24 heavy (non-hydrogen) atoms. The SMILES string of the molecule is CCN(CC)C(=O)COC(=O)CSCC(=O)Nc1ccc(Cl)cc1. The number of carbonyl (C=O) groups excluding carboxylic acids is 3. The quantitative estimate of drug-likeness (QED) is 0.674. The maximum Gasteiger partial charge on any atom is 0.316 e. The summed E-state index contributed by atoms with van der Waals surface area (Å²) in [5, 5.41) is 3.28. The smallest absolute Gasteiger partial charge is 0.316 e. The monoisotopic (exact) mass is 372 g/mol. The maximum absolute atomic E-state index is 11.7. The van der Waals surface area contributed by atoms with Crippen LogP contribution in [0, 0.1) is 0 Å². The average Bonchev–Trinajstić information content (AvgIpc) is 2.56. The summed E-state index contributed by atoms with van der Waals surface area (Å²) >= 11 is 6.89. The Hall–Kier alpha value is -1.73. The number of carbonyl (C=O) groups is 3. The van der Waals surface area contributed by atoms with Gasteiger partial charge < -0.3 is 15.0 Å². The lowest BCUT2D eigenvalue weighted by Gasteiger charge is -2.18. The Morgan fingerprint density at radius 3 is 2.33 bits per heavy atom. The van der Waals surface area contributed by atoms with E-state index in [0.29, 0.717) is 23.8 Å². The minimum Gasteiger partial charge on any atom is -0.455 e. The minimum absolute atomic E-state index is 0.0135. The van der Waals surface area contributed by atoms with Crippen molar-refractivity contribution in [3.8, 4) is 0 Å². The van der Waals surface area contributed by atoms with Gasteiger partial charge in [0.2, 0.25) is 5.91 Å². The Morgan fingerprint density at radius 1 is 1.12 bits per heavy atom. The molecule has 6 nitrogen and oxygen atoms in total. The van der Waals surface area contributed by atoms with Gasteiger partial charge in [-0.05, 0) is 38.1 Å². The Kier molecular flexibility index (Phi) is 9.26. The number of esters is 1. The van der Waals surface area contributed by atoms with E-state index in [4.69, 9.17) is 16.3 Å². The number of thioether (sulfide) groups is 1. The number of halogens is 1. The van der Waals surface area contributed by atoms with E-state index in [1.165, 1.54) is 0 Å². The van der Waals surface area contributed by atoms with Gasteiger partial charge in [-0.2, -0.15) is 0 Å². The molecule has 2 amide bonds. The van der Waals surface area contributed by atoms with Gasteiger partial charge in [0, 0.05) is 23.8 Å². The van der Waals surface area contributed by atoms with Crippen molar-refractivity contribution < 1.29 is 19.1 Å². The molecule has 0 atom stereocenters. The first-order valence-corrected chi connectivity index (χ1v) is 9.06. The van der Waals surface area contributed by atoms with Gasteiger partial charge in [-0.3, -0.25) is 14.4 Å². The lowest BCUT2D eigenvalue weighted by molar-refractivity contribution is -0.149. The lowest BCUT2D eigenvalue weighted by atomic mass is 10.3. The van der Waals surface area contributed by atoms with Crippen molar-refractivity contribution >= 4 is 46.8 Å². The zero-order valence-corrected chi connectivity index (χ0v) is 15.3. The Morgan fingerprint density at radius 2 is 1.75 bits per heavy atom. The van der Waals surface area contributed by atoms with Crippen LogP contribution in [0.5, 0.6) is 0 Å². The highest BCUT2D eigenvalue weighted by Gasteiger charge is 2.13. The van der Waals surface area contributed by atoms with Crippen LogP contribution in [0.2, 0.25) is 5.02 Å². The van der Waals surface area contributed by atoms with Crippen LogP contribution in [0.4, 0.5) is 5.69 Å². The van der Waals surface area contributed by atoms with Gasteiger partial charge in [-0.15, -0.1) is 11.8 Å². The molecule has 8 heteroatoms. The van der Waals surface area contributed by atoms with Crippen molar-refractivity contribution in [1.29, 1.82) is 0 Å². The van der Waals surface area contributed by atoms with Gasteiger partial charge in [0.25, 0.3) is 5.91 Å². The van der Waals surface area contributed by atoms with Crippen LogP contribution in [0.3, 0.4) is 0 Å². The minimum atomic E-state index is -0.514. The summed E-state index contributed by atoms with van der Waals surface area (Å²) < 4.78 is 4.90. The van der Waals surface area contributed by atoms with E-state index in [1.54, 1.807) is 29.2 Å². The molecule has 0 aromatic heterocycles. The fourth-order valence-electron chi connectivity index (χ4n) is 1.81. The molecule has 0 radical (unpaired) electrons. The number of benzene rings is 1. The molecule has 0 bridgehead atoms. The summed E-state index contributed by atoms with van der Waals surface area (Å²) in [5.41, 5.74) is 0.636. The standard InChI is InChI=1S/C16H21ClN2O4S/c1-3-19(4-2)15(21)9-23-16(22)11-24-10-14(20)18-13-7-5-12(17)6-8-13/h5-8H,3-4,9-11H2,1-2H3,(H,18,20). The molecule has 0 fully saturated rings. The second-order valence-electron chi connectivity index (χ2n) is 4.77. The third-order valence-electron chi connectivity index (χ3n) is 3.05. The van der Waals surface area contributed by atoms with Crippen molar-refractivity contribution in [2.24, 2.45) is 0 Å². The molecule has 0 aliphatic heterocycles. The van der Waals surface area contributed by atoms with Crippen LogP contribution < -0.4 is 5.32 Å². The number of nitrogens with one attached hydrogen (secondary N) is 1. The Balaban J connectivity index is 2.21. The van der Waals surface area contributed by atoms with Crippen LogP contribution in [-0.4, -0.2) is 53.9 Å². The van der Waals surface area contributed by atoms with E-state index in [2.05, 4.69) is 5.32 Å². The molecule has 1 rings (SSSR count). The first-order chi connectivity index (χ1) is 11.5. The summed E-state index contributed by atoms with van der Waals surface area (Å²) in [6, 6.07) is 6.74. The number of nitrogens with zero attached hydrogens (tertiary/aromatic N) is 1. The molecule has 0 spiro atoms. The molecular weight excluding hydrogens is 352 g/mol. The zero-order chi connectivity index (χ0) is 17.9. The summed E-state index contributed by atoms with van der Waals surface area (Å²) in [6.45, 7) is 4.60. The van der Waals surface area contributed by atoms with Crippen molar-refractivity contribution in [3.63, 3.8) is 0 Å². The molecule has 0 heterocycles. The van der Waals surface area contributed by atoms with Gasteiger partial charge in [0.05, 0.1) is 11.5 Å². The van der Waals surface area contributed by atoms with E-state index in [1.807, 2.05) is 13.8 Å². The molecular formula is C16H21ClN2O4S. The highest BCUT2D eigenvalue weighted by Crippen LogP contribution is 2.13. The highest BCUT2D eigenvalue weighted by atomic mass is 35.5. The molecule has 0 saturated carbocycles. The molecule has 0 aliphatic carbocycles. The molecule has 0 unspecified atom stereocenters. The number of amides is 2. The Bertz CT molecular complexity index is 562. The van der Waals surface area contributed by atoms with Gasteiger partial charge >= 0.3 is 5.97 Å². The van der Waals surface area contributed by atoms with Crippen molar-refractivity contribution in [1.82, 2.24) is 4.90 Å². The van der Waals surface area contributed by atoms with E-state index < -0.39 is 5.97 Å². The number of anilines is 1. The summed E-state index contributed by atoms with van der Waals surface area (Å²) in [6.07, 6.45) is 0. The van der Waals surface area contributed by atoms with Crippen molar-refractivity contribution in [2.75, 3.05) is 36.5 Å². The highest BCUT2D eigenvalue weighted by molar-refractivity contribution is 8.00. The van der Waals surface area contributed by atoms with Crippen LogP contribution in [0.25, 0.3) is 0 Å². The molecule has 0 saturated heterocycles. The molecule has 132 valence electrons. The second-order valence-corrected chi connectivity index (χ2v) is 6.20. The third-order valence-corrected chi connectivity index (χ3v) is 4.21. The zero-order valence-electron chi connectivity index (χ0n) is 13.7. The first kappa shape index (κ1) is 20.3. The maximum atomic E-state index is 11.7. The topological polar surface area (TPSA) is 75.7 Å². The van der Waals surface area contributed by atoms with Gasteiger partial charge in [0.15, 0.2) is 6.61 Å². The number of rotatable bonds is 9. The van der Waals surface area contributed by atoms with Crippen molar-refractivity contribution in [3.05, 3.63) is 29.3 Å². The largest absolute Gasteiger partial charge is 0.455 e. The second kappa shape index (κ2) is 10.9. The van der Waals surface area contributed by atoms with E-state index in [-0.39, 0.29) is 29.9 Å². The van der Waals surface area contributed by atoms with Crippen LogP contribution >= 0.6 is 23.4 Å². The van der Waals surface area contributed by atoms with Crippen LogP contribution in [0.15, 0.2) is 24.3 Å². The van der Waals surface area contributed by atoms with E-state index >= 15 is 0 Å². The summed E-state index contributed by atoms with van der Waals surface area (Å²) in [5.74, 6) is -0.839. The van der Waals surface area contributed by atoms with Gasteiger partial charge in [-0.25, -0.2) is 0 Å². The molecule has 1 aromatic carbocycles. The van der Waals surface area contributed by atoms with E-state index in [9.17, 15) is 14.4 Å². The fraction of sp³-hybridized carbons (Fsp3) is 0.438. The number of ether oxygens (including phenoxy) is 1. The number of likely N-dealkylation sites (N-methyl/N-ethyl adjacent to an activating group) is 1. The summed E-state index contributed by atoms with van der Waals surface area (Å²) in [7, 11) is 0. The normalized spacial score (nSPS) is 10.1. The Labute approximate surface area is 150 Å². The number of hydrogen-bond acceptors (Lipinski definition) is 5.